The van der Waals surface area contributed by atoms with Gasteiger partial charge >= 0.3 is 0 Å². The first-order chi connectivity index (χ1) is 13.7. The molecule has 1 amide bonds. The Balaban J connectivity index is 1.51. The Kier molecular flexibility index (Phi) is 4.18. The smallest absolute Gasteiger partial charge is 0.274 e. The van der Waals surface area contributed by atoms with E-state index in [1.54, 1.807) is 0 Å². The van der Waals surface area contributed by atoms with Crippen LogP contribution in [0.2, 0.25) is 0 Å². The predicted octanol–water partition coefficient (Wildman–Crippen LogP) is 3.29. The minimum Gasteiger partial charge on any atom is -0.347 e. The van der Waals surface area contributed by atoms with E-state index in [1.807, 2.05) is 45.8 Å². The molecule has 0 atom stereocenters. The standard InChI is InChI=1S/C22H23N3O3/c1-16-5-7-17(8-6-16)20-19(23-18-4-2-3-11-25(18)20)21(26)24-12-9-22(10-13-24)27-14-15-28-22/h2-8,11H,9-10,12-15H2,1H3. The number of amides is 1. The summed E-state index contributed by atoms with van der Waals surface area (Å²) in [6.45, 7) is 4.55. The first-order valence-corrected chi connectivity index (χ1v) is 9.77. The maximum atomic E-state index is 13.4. The van der Waals surface area contributed by atoms with Crippen LogP contribution in [0.5, 0.6) is 0 Å². The summed E-state index contributed by atoms with van der Waals surface area (Å²) in [5, 5.41) is 0. The molecule has 2 aliphatic rings. The number of benzene rings is 1. The van der Waals surface area contributed by atoms with Gasteiger partial charge < -0.3 is 14.4 Å². The molecule has 1 spiro atoms. The van der Waals surface area contributed by atoms with Crippen molar-refractivity contribution in [1.29, 1.82) is 0 Å². The van der Waals surface area contributed by atoms with Gasteiger partial charge in [-0.2, -0.15) is 0 Å². The Morgan fingerprint density at radius 2 is 1.75 bits per heavy atom. The van der Waals surface area contributed by atoms with Crippen molar-refractivity contribution < 1.29 is 14.3 Å². The lowest BCUT2D eigenvalue weighted by Gasteiger charge is -2.37. The molecule has 0 bridgehead atoms. The van der Waals surface area contributed by atoms with Gasteiger partial charge in [0, 0.05) is 37.7 Å². The van der Waals surface area contributed by atoms with Crippen molar-refractivity contribution in [2.75, 3.05) is 26.3 Å². The molecule has 2 saturated heterocycles. The number of carbonyl (C=O) groups excluding carboxylic acids is 1. The molecule has 0 aliphatic carbocycles. The molecule has 2 fully saturated rings. The molecule has 2 aliphatic heterocycles. The molecule has 4 heterocycles. The molecule has 2 aromatic heterocycles. The van der Waals surface area contributed by atoms with Crippen LogP contribution in [-0.4, -0.2) is 52.3 Å². The number of pyridine rings is 1. The molecule has 5 rings (SSSR count). The van der Waals surface area contributed by atoms with Crippen molar-refractivity contribution in [2.45, 2.75) is 25.6 Å². The quantitative estimate of drug-likeness (QED) is 0.688. The van der Waals surface area contributed by atoms with Gasteiger partial charge in [0.25, 0.3) is 5.91 Å². The fourth-order valence-electron chi connectivity index (χ4n) is 4.12. The number of likely N-dealkylation sites (tertiary alicyclic amines) is 1. The van der Waals surface area contributed by atoms with Crippen molar-refractivity contribution in [3.05, 3.63) is 59.9 Å². The van der Waals surface area contributed by atoms with Crippen molar-refractivity contribution in [3.8, 4) is 11.3 Å². The van der Waals surface area contributed by atoms with Gasteiger partial charge in [-0.1, -0.05) is 35.9 Å². The Morgan fingerprint density at radius 1 is 1.04 bits per heavy atom. The Bertz CT molecular complexity index is 1010. The highest BCUT2D eigenvalue weighted by Crippen LogP contribution is 2.33. The van der Waals surface area contributed by atoms with E-state index in [0.717, 1.165) is 16.9 Å². The van der Waals surface area contributed by atoms with Crippen LogP contribution >= 0.6 is 0 Å². The molecule has 0 unspecified atom stereocenters. The fraction of sp³-hybridized carbons (Fsp3) is 0.364. The van der Waals surface area contributed by atoms with E-state index in [1.165, 1.54) is 5.56 Å². The van der Waals surface area contributed by atoms with Crippen LogP contribution in [0, 0.1) is 6.92 Å². The number of ether oxygens (including phenoxy) is 2. The van der Waals surface area contributed by atoms with Crippen LogP contribution in [0.3, 0.4) is 0 Å². The van der Waals surface area contributed by atoms with Gasteiger partial charge in [0.15, 0.2) is 11.5 Å². The number of fused-ring (bicyclic) bond motifs is 1. The van der Waals surface area contributed by atoms with Gasteiger partial charge in [-0.15, -0.1) is 0 Å². The molecule has 28 heavy (non-hydrogen) atoms. The number of hydrogen-bond donors (Lipinski definition) is 0. The largest absolute Gasteiger partial charge is 0.347 e. The molecule has 1 aromatic carbocycles. The molecule has 6 nitrogen and oxygen atoms in total. The number of hydrogen-bond acceptors (Lipinski definition) is 4. The normalized spacial score (nSPS) is 18.8. The summed E-state index contributed by atoms with van der Waals surface area (Å²) in [7, 11) is 0. The third-order valence-corrected chi connectivity index (χ3v) is 5.68. The van der Waals surface area contributed by atoms with Gasteiger partial charge in [-0.05, 0) is 19.1 Å². The molecular formula is C22H23N3O3. The van der Waals surface area contributed by atoms with Gasteiger partial charge in [0.05, 0.1) is 18.9 Å². The number of aryl methyl sites for hydroxylation is 1. The van der Waals surface area contributed by atoms with Crippen LogP contribution in [0.15, 0.2) is 48.7 Å². The van der Waals surface area contributed by atoms with E-state index in [0.29, 0.717) is 44.8 Å². The lowest BCUT2D eigenvalue weighted by molar-refractivity contribution is -0.181. The van der Waals surface area contributed by atoms with E-state index in [-0.39, 0.29) is 5.91 Å². The fourth-order valence-corrected chi connectivity index (χ4v) is 4.12. The second kappa shape index (κ2) is 6.72. The van der Waals surface area contributed by atoms with Crippen LogP contribution in [0.25, 0.3) is 16.9 Å². The third kappa shape index (κ3) is 2.89. The number of imidazole rings is 1. The van der Waals surface area contributed by atoms with Crippen molar-refractivity contribution in [1.82, 2.24) is 14.3 Å². The second-order valence-corrected chi connectivity index (χ2v) is 7.50. The summed E-state index contributed by atoms with van der Waals surface area (Å²) >= 11 is 0. The van der Waals surface area contributed by atoms with Crippen molar-refractivity contribution in [2.24, 2.45) is 0 Å². The molecule has 6 heteroatoms. The first kappa shape index (κ1) is 17.4. The number of carbonyl (C=O) groups is 1. The summed E-state index contributed by atoms with van der Waals surface area (Å²) in [6, 6.07) is 14.0. The highest BCUT2D eigenvalue weighted by atomic mass is 16.7. The Labute approximate surface area is 163 Å². The summed E-state index contributed by atoms with van der Waals surface area (Å²) in [5.74, 6) is -0.526. The summed E-state index contributed by atoms with van der Waals surface area (Å²) in [6.07, 6.45) is 3.36. The molecule has 144 valence electrons. The number of nitrogens with zero attached hydrogens (tertiary/aromatic N) is 3. The van der Waals surface area contributed by atoms with Crippen LogP contribution in [0.1, 0.15) is 28.9 Å². The maximum absolute atomic E-state index is 13.4. The van der Waals surface area contributed by atoms with Gasteiger partial charge in [-0.25, -0.2) is 4.98 Å². The Hall–Kier alpha value is -2.70. The lowest BCUT2D eigenvalue weighted by Crippen LogP contribution is -2.47. The van der Waals surface area contributed by atoms with Crippen LogP contribution in [0.4, 0.5) is 0 Å². The second-order valence-electron chi connectivity index (χ2n) is 7.50. The number of aromatic nitrogens is 2. The van der Waals surface area contributed by atoms with E-state index in [2.05, 4.69) is 24.0 Å². The molecule has 0 radical (unpaired) electrons. The molecule has 3 aromatic rings. The molecular weight excluding hydrogens is 354 g/mol. The van der Waals surface area contributed by atoms with Crippen molar-refractivity contribution in [3.63, 3.8) is 0 Å². The van der Waals surface area contributed by atoms with E-state index in [4.69, 9.17) is 9.47 Å². The SMILES string of the molecule is Cc1ccc(-c2c(C(=O)N3CCC4(CC3)OCCO4)nc3ccccn23)cc1. The monoisotopic (exact) mass is 377 g/mol. The highest BCUT2D eigenvalue weighted by molar-refractivity contribution is 5.99. The first-order valence-electron chi connectivity index (χ1n) is 9.77. The Morgan fingerprint density at radius 3 is 2.46 bits per heavy atom. The topological polar surface area (TPSA) is 56.1 Å². The third-order valence-electron chi connectivity index (χ3n) is 5.68. The summed E-state index contributed by atoms with van der Waals surface area (Å²) in [5.41, 5.74) is 4.29. The average Bonchev–Trinajstić information content (AvgIpc) is 3.34. The van der Waals surface area contributed by atoms with E-state index in [9.17, 15) is 4.79 Å². The number of rotatable bonds is 2. The molecule has 0 saturated carbocycles. The molecule has 0 N–H and O–H groups in total. The minimum atomic E-state index is -0.491. The summed E-state index contributed by atoms with van der Waals surface area (Å²) in [4.78, 5) is 20.0. The van der Waals surface area contributed by atoms with Crippen LogP contribution < -0.4 is 0 Å². The number of piperidine rings is 1. The lowest BCUT2D eigenvalue weighted by atomic mass is 10.0. The predicted molar refractivity (Wildman–Crippen MR) is 105 cm³/mol. The minimum absolute atomic E-state index is 0.0351. The maximum Gasteiger partial charge on any atom is 0.274 e. The van der Waals surface area contributed by atoms with Gasteiger partial charge in [0.1, 0.15) is 5.65 Å². The zero-order valence-corrected chi connectivity index (χ0v) is 15.9. The van der Waals surface area contributed by atoms with Crippen molar-refractivity contribution >= 4 is 11.6 Å². The van der Waals surface area contributed by atoms with Crippen LogP contribution in [-0.2, 0) is 9.47 Å². The average molecular weight is 377 g/mol. The zero-order valence-electron chi connectivity index (χ0n) is 15.9. The van der Waals surface area contributed by atoms with E-state index < -0.39 is 5.79 Å². The van der Waals surface area contributed by atoms with Gasteiger partial charge in [0.2, 0.25) is 0 Å². The zero-order chi connectivity index (χ0) is 19.1. The van der Waals surface area contributed by atoms with E-state index >= 15 is 0 Å². The van der Waals surface area contributed by atoms with Gasteiger partial charge in [-0.3, -0.25) is 9.20 Å². The summed E-state index contributed by atoms with van der Waals surface area (Å²) < 4.78 is 13.6. The highest BCUT2D eigenvalue weighted by Gasteiger charge is 2.41.